The summed E-state index contributed by atoms with van der Waals surface area (Å²) in [5, 5.41) is 10.2. The highest BCUT2D eigenvalue weighted by molar-refractivity contribution is 6.03. The van der Waals surface area contributed by atoms with E-state index in [4.69, 9.17) is 0 Å². The van der Waals surface area contributed by atoms with E-state index in [9.17, 15) is 5.11 Å². The third kappa shape index (κ3) is 3.18. The second kappa shape index (κ2) is 6.36. The fraction of sp³-hybridized carbons (Fsp3) is 0.500. The van der Waals surface area contributed by atoms with Crippen LogP contribution in [0.1, 0.15) is 56.1 Å². The SMILES string of the molecule is OC1CCCCCCCc2cccc(c2)C2=NC=C1C2. The number of benzene rings is 1. The number of aliphatic hydroxyl groups excluding tert-OH is 1. The Balaban J connectivity index is 1.80. The van der Waals surface area contributed by atoms with Crippen molar-refractivity contribution in [2.45, 2.75) is 57.5 Å². The van der Waals surface area contributed by atoms with Crippen molar-refractivity contribution in [1.82, 2.24) is 0 Å². The van der Waals surface area contributed by atoms with E-state index in [0.29, 0.717) is 0 Å². The van der Waals surface area contributed by atoms with Crippen molar-refractivity contribution in [3.63, 3.8) is 0 Å². The number of nitrogens with zero attached hydrogens (tertiary/aromatic N) is 1. The van der Waals surface area contributed by atoms with Gasteiger partial charge < -0.3 is 5.11 Å². The number of aliphatic hydroxyl groups is 1. The van der Waals surface area contributed by atoms with Crippen molar-refractivity contribution >= 4 is 5.71 Å². The second-order valence-electron chi connectivity index (χ2n) is 5.98. The van der Waals surface area contributed by atoms with Gasteiger partial charge in [-0.3, -0.25) is 4.99 Å². The standard InChI is InChI=1S/C18H23NO/c20-18-10-5-3-1-2-4-7-14-8-6-9-15(11-14)17-12-16(18)13-19-17/h6,8-9,11,13,18,20H,1-5,7,10,12H2. The van der Waals surface area contributed by atoms with E-state index in [0.717, 1.165) is 30.5 Å². The molecule has 0 radical (unpaired) electrons. The average Bonchev–Trinajstić information content (AvgIpc) is 2.95. The Morgan fingerprint density at radius 3 is 2.85 bits per heavy atom. The van der Waals surface area contributed by atoms with Gasteiger partial charge in [0.2, 0.25) is 0 Å². The summed E-state index contributed by atoms with van der Waals surface area (Å²) in [7, 11) is 0. The molecule has 1 heterocycles. The molecule has 2 aliphatic rings. The molecule has 2 heteroatoms. The number of hydrogen-bond donors (Lipinski definition) is 1. The summed E-state index contributed by atoms with van der Waals surface area (Å²) in [4.78, 5) is 4.53. The van der Waals surface area contributed by atoms with E-state index < -0.39 is 0 Å². The molecule has 1 N–H and O–H groups in total. The smallest absolute Gasteiger partial charge is 0.0771 e. The number of fused-ring (bicyclic) bond motifs is 5. The van der Waals surface area contributed by atoms with Gasteiger partial charge in [-0.2, -0.15) is 0 Å². The van der Waals surface area contributed by atoms with Gasteiger partial charge >= 0.3 is 0 Å². The van der Waals surface area contributed by atoms with Gasteiger partial charge in [0.1, 0.15) is 0 Å². The molecule has 0 amide bonds. The Labute approximate surface area is 121 Å². The van der Waals surface area contributed by atoms with Crippen LogP contribution in [0.2, 0.25) is 0 Å². The molecule has 1 aliphatic heterocycles. The van der Waals surface area contributed by atoms with Crippen LogP contribution in [-0.2, 0) is 6.42 Å². The summed E-state index contributed by atoms with van der Waals surface area (Å²) in [6.07, 6.45) is 10.6. The molecular weight excluding hydrogens is 246 g/mol. The highest BCUT2D eigenvalue weighted by Gasteiger charge is 2.18. The molecule has 1 atom stereocenters. The summed E-state index contributed by atoms with van der Waals surface area (Å²) >= 11 is 0. The Hall–Kier alpha value is -1.41. The Bertz CT molecular complexity index is 530. The first-order valence-electron chi connectivity index (χ1n) is 7.86. The molecule has 1 aromatic carbocycles. The van der Waals surface area contributed by atoms with Crippen molar-refractivity contribution in [2.75, 3.05) is 0 Å². The predicted octanol–water partition coefficient (Wildman–Crippen LogP) is 4.02. The van der Waals surface area contributed by atoms with E-state index in [2.05, 4.69) is 29.3 Å². The molecule has 4 bridgehead atoms. The van der Waals surface area contributed by atoms with Gasteiger partial charge in [-0.15, -0.1) is 0 Å². The van der Waals surface area contributed by atoms with E-state index in [-0.39, 0.29) is 6.10 Å². The summed E-state index contributed by atoms with van der Waals surface area (Å²) in [6, 6.07) is 8.76. The highest BCUT2D eigenvalue weighted by atomic mass is 16.3. The molecule has 1 unspecified atom stereocenters. The maximum Gasteiger partial charge on any atom is 0.0771 e. The first kappa shape index (κ1) is 13.6. The lowest BCUT2D eigenvalue weighted by atomic mass is 9.95. The van der Waals surface area contributed by atoms with Gasteiger partial charge in [-0.25, -0.2) is 0 Å². The topological polar surface area (TPSA) is 32.6 Å². The molecule has 0 saturated carbocycles. The third-order valence-corrected chi connectivity index (χ3v) is 4.39. The van der Waals surface area contributed by atoms with E-state index >= 15 is 0 Å². The summed E-state index contributed by atoms with van der Waals surface area (Å²) in [5.74, 6) is 0. The lowest BCUT2D eigenvalue weighted by molar-refractivity contribution is 0.194. The molecule has 0 aromatic heterocycles. The Kier molecular flexibility index (Phi) is 4.31. The zero-order valence-corrected chi connectivity index (χ0v) is 12.0. The number of aryl methyl sites for hydroxylation is 1. The van der Waals surface area contributed by atoms with Crippen LogP contribution in [0.4, 0.5) is 0 Å². The summed E-state index contributed by atoms with van der Waals surface area (Å²) in [6.45, 7) is 0. The minimum absolute atomic E-state index is 0.303. The van der Waals surface area contributed by atoms with Crippen LogP contribution in [0, 0.1) is 0 Å². The maximum atomic E-state index is 10.2. The summed E-state index contributed by atoms with van der Waals surface area (Å²) < 4.78 is 0. The minimum atomic E-state index is -0.303. The highest BCUT2D eigenvalue weighted by Crippen LogP contribution is 2.24. The van der Waals surface area contributed by atoms with Gasteiger partial charge in [0.15, 0.2) is 0 Å². The van der Waals surface area contributed by atoms with Gasteiger partial charge in [-0.05, 0) is 42.0 Å². The normalized spacial score (nSPS) is 23.8. The van der Waals surface area contributed by atoms with Crippen LogP contribution in [0.15, 0.2) is 41.0 Å². The van der Waals surface area contributed by atoms with E-state index in [1.165, 1.54) is 43.2 Å². The number of hydrogen-bond acceptors (Lipinski definition) is 2. The fourth-order valence-corrected chi connectivity index (χ4v) is 3.11. The lowest BCUT2D eigenvalue weighted by Crippen LogP contribution is -2.12. The molecule has 1 aromatic rings. The quantitative estimate of drug-likeness (QED) is 0.758. The minimum Gasteiger partial charge on any atom is -0.389 e. The first-order chi connectivity index (χ1) is 9.83. The fourth-order valence-electron chi connectivity index (χ4n) is 3.11. The van der Waals surface area contributed by atoms with Crippen LogP contribution in [0.5, 0.6) is 0 Å². The summed E-state index contributed by atoms with van der Waals surface area (Å²) in [5.41, 5.74) is 4.83. The van der Waals surface area contributed by atoms with Crippen LogP contribution >= 0.6 is 0 Å². The van der Waals surface area contributed by atoms with Crippen molar-refractivity contribution in [2.24, 2.45) is 4.99 Å². The molecule has 0 fully saturated rings. The lowest BCUT2D eigenvalue weighted by Gasteiger charge is -2.13. The average molecular weight is 269 g/mol. The number of aliphatic imine (C=N–C) groups is 1. The molecule has 2 nitrogen and oxygen atoms in total. The Morgan fingerprint density at radius 1 is 1.05 bits per heavy atom. The molecule has 20 heavy (non-hydrogen) atoms. The van der Waals surface area contributed by atoms with E-state index in [1.54, 1.807) is 0 Å². The van der Waals surface area contributed by atoms with Gasteiger partial charge in [0.25, 0.3) is 0 Å². The first-order valence-corrected chi connectivity index (χ1v) is 7.86. The van der Waals surface area contributed by atoms with Crippen molar-refractivity contribution < 1.29 is 5.11 Å². The number of rotatable bonds is 0. The monoisotopic (exact) mass is 269 g/mol. The van der Waals surface area contributed by atoms with Crippen LogP contribution in [0.25, 0.3) is 0 Å². The third-order valence-electron chi connectivity index (χ3n) is 4.39. The van der Waals surface area contributed by atoms with Crippen molar-refractivity contribution in [3.05, 3.63) is 47.2 Å². The van der Waals surface area contributed by atoms with Crippen LogP contribution < -0.4 is 0 Å². The molecule has 3 rings (SSSR count). The van der Waals surface area contributed by atoms with Crippen molar-refractivity contribution in [1.29, 1.82) is 0 Å². The zero-order chi connectivity index (χ0) is 13.8. The van der Waals surface area contributed by atoms with Gasteiger partial charge in [-0.1, -0.05) is 43.9 Å². The van der Waals surface area contributed by atoms with Gasteiger partial charge in [0, 0.05) is 12.6 Å². The maximum absolute atomic E-state index is 10.2. The predicted molar refractivity (Wildman–Crippen MR) is 83.1 cm³/mol. The van der Waals surface area contributed by atoms with Gasteiger partial charge in [0.05, 0.1) is 11.8 Å². The molecule has 1 aliphatic carbocycles. The van der Waals surface area contributed by atoms with Crippen molar-refractivity contribution in [3.8, 4) is 0 Å². The molecular formula is C18H23NO. The molecule has 0 spiro atoms. The Morgan fingerprint density at radius 2 is 1.90 bits per heavy atom. The molecule has 106 valence electrons. The van der Waals surface area contributed by atoms with Crippen LogP contribution in [0.3, 0.4) is 0 Å². The largest absolute Gasteiger partial charge is 0.389 e. The zero-order valence-electron chi connectivity index (χ0n) is 12.0. The van der Waals surface area contributed by atoms with E-state index in [1.807, 2.05) is 6.20 Å². The van der Waals surface area contributed by atoms with Crippen LogP contribution in [-0.4, -0.2) is 16.9 Å². The second-order valence-corrected chi connectivity index (χ2v) is 5.98. The molecule has 0 saturated heterocycles.